The maximum Gasteiger partial charge on any atom is 0.360 e. The summed E-state index contributed by atoms with van der Waals surface area (Å²) in [5, 5.41) is 17.1. The lowest BCUT2D eigenvalue weighted by Crippen LogP contribution is -2.33. The first kappa shape index (κ1) is 13.4. The van der Waals surface area contributed by atoms with Crippen molar-refractivity contribution in [2.24, 2.45) is 0 Å². The van der Waals surface area contributed by atoms with E-state index in [1.165, 1.54) is 0 Å². The summed E-state index contributed by atoms with van der Waals surface area (Å²) in [4.78, 5) is 10.7. The van der Waals surface area contributed by atoms with Gasteiger partial charge in [-0.1, -0.05) is 0 Å². The van der Waals surface area contributed by atoms with Gasteiger partial charge in [-0.15, -0.1) is 10.2 Å². The fourth-order valence-electron chi connectivity index (χ4n) is 0.897. The summed E-state index contributed by atoms with van der Waals surface area (Å²) in [6, 6.07) is 0. The molecule has 96 valence electrons. The Morgan fingerprint density at radius 2 is 1.82 bits per heavy atom. The van der Waals surface area contributed by atoms with Gasteiger partial charge in [-0.2, -0.15) is 13.6 Å². The third kappa shape index (κ3) is 2.21. The van der Waals surface area contributed by atoms with Crippen molar-refractivity contribution in [3.63, 3.8) is 0 Å². The van der Waals surface area contributed by atoms with Crippen LogP contribution in [0.4, 0.5) is 5.82 Å². The second kappa shape index (κ2) is 3.96. The Hall–Kier alpha value is -1.69. The number of nitrogens with one attached hydrogen (secondary N) is 1. The number of anilines is 1. The third-order valence-electron chi connectivity index (χ3n) is 1.75. The minimum atomic E-state index is -4.74. The van der Waals surface area contributed by atoms with Crippen molar-refractivity contribution in [1.82, 2.24) is 15.4 Å². The van der Waals surface area contributed by atoms with Crippen LogP contribution in [0.25, 0.3) is 0 Å². The fourth-order valence-corrected chi connectivity index (χ4v) is 3.07. The van der Waals surface area contributed by atoms with Gasteiger partial charge in [0.2, 0.25) is 5.69 Å². The molecule has 0 aliphatic heterocycles. The molecule has 0 aliphatic carbocycles. The fraction of sp³-hybridized carbons (Fsp3) is 0.400. The number of carboxylic acids is 1. The Morgan fingerprint density at radius 1 is 1.29 bits per heavy atom. The van der Waals surface area contributed by atoms with Crippen LogP contribution in [0.1, 0.15) is 10.5 Å². The van der Waals surface area contributed by atoms with Crippen molar-refractivity contribution >= 4 is 29.7 Å². The molecule has 0 amide bonds. The van der Waals surface area contributed by atoms with Crippen LogP contribution < -0.4 is 4.31 Å². The van der Waals surface area contributed by atoms with E-state index in [1.54, 1.807) is 0 Å². The van der Waals surface area contributed by atoms with E-state index in [9.17, 15) is 21.6 Å². The van der Waals surface area contributed by atoms with Crippen molar-refractivity contribution in [1.29, 1.82) is 0 Å². The molecule has 12 heteroatoms. The Kier molecular flexibility index (Phi) is 3.11. The summed E-state index contributed by atoms with van der Waals surface area (Å²) in [7, 11) is -8.32. The minimum Gasteiger partial charge on any atom is -0.476 e. The molecule has 1 heterocycles. The van der Waals surface area contributed by atoms with Gasteiger partial charge in [-0.3, -0.25) is 0 Å². The van der Waals surface area contributed by atoms with Gasteiger partial charge in [-0.05, 0) is 0 Å². The SMILES string of the molecule is CN(c1n[nH]nc1C(=O)O)S(=O)(=O)S(C)(=O)=O. The van der Waals surface area contributed by atoms with Crippen molar-refractivity contribution in [2.45, 2.75) is 0 Å². The highest BCUT2D eigenvalue weighted by Gasteiger charge is 2.34. The lowest BCUT2D eigenvalue weighted by molar-refractivity contribution is 0.0691. The molecule has 0 saturated heterocycles. The molecule has 0 radical (unpaired) electrons. The summed E-state index contributed by atoms with van der Waals surface area (Å²) in [6.07, 6.45) is 0.485. The normalized spacial score (nSPS) is 12.4. The number of carbonyl (C=O) groups is 1. The van der Waals surface area contributed by atoms with Crippen LogP contribution in [0, 0.1) is 0 Å². The van der Waals surface area contributed by atoms with Crippen LogP contribution >= 0.6 is 0 Å². The van der Waals surface area contributed by atoms with Gasteiger partial charge in [-0.25, -0.2) is 17.5 Å². The first-order valence-corrected chi connectivity index (χ1v) is 7.77. The number of rotatable bonds is 4. The standard InChI is InChI=1S/C5H8N4O6S2/c1-9(17(14,15)16(2,12)13)4-3(5(10)11)6-8-7-4/h1-2H3,(H,10,11)(H,6,7,8). The minimum absolute atomic E-state index is 0.231. The van der Waals surface area contributed by atoms with E-state index in [4.69, 9.17) is 5.11 Å². The average Bonchev–Trinajstić information content (AvgIpc) is 2.62. The Bertz CT molecular complexity index is 644. The predicted octanol–water partition coefficient (Wildman–Crippen LogP) is -1.77. The summed E-state index contributed by atoms with van der Waals surface area (Å²) in [5.41, 5.74) is -0.695. The van der Waals surface area contributed by atoms with Crippen LogP contribution in [-0.4, -0.2) is 56.6 Å². The molecule has 0 fully saturated rings. The molecule has 2 N–H and O–H groups in total. The Morgan fingerprint density at radius 3 is 2.24 bits per heavy atom. The molecule has 17 heavy (non-hydrogen) atoms. The van der Waals surface area contributed by atoms with Crippen LogP contribution in [0.15, 0.2) is 0 Å². The van der Waals surface area contributed by atoms with E-state index in [1.807, 2.05) is 5.21 Å². The molecule has 0 aromatic carbocycles. The monoisotopic (exact) mass is 284 g/mol. The number of hydrogen-bond donors (Lipinski definition) is 2. The van der Waals surface area contributed by atoms with Gasteiger partial charge in [0.1, 0.15) is 0 Å². The van der Waals surface area contributed by atoms with Crippen molar-refractivity contribution in [2.75, 3.05) is 17.6 Å². The molecule has 1 aromatic heterocycles. The Balaban J connectivity index is 3.37. The van der Waals surface area contributed by atoms with E-state index in [0.29, 0.717) is 6.26 Å². The van der Waals surface area contributed by atoms with Crippen molar-refractivity contribution in [3.8, 4) is 0 Å². The topological polar surface area (TPSA) is 150 Å². The number of carboxylic acid groups (broad SMARTS) is 1. The lowest BCUT2D eigenvalue weighted by atomic mass is 10.4. The Labute approximate surface area is 95.6 Å². The maximum absolute atomic E-state index is 11.5. The van der Waals surface area contributed by atoms with Crippen LogP contribution in [-0.2, 0) is 17.9 Å². The maximum atomic E-state index is 11.5. The van der Waals surface area contributed by atoms with Gasteiger partial charge in [0.15, 0.2) is 5.82 Å². The zero-order chi connectivity index (χ0) is 13.4. The van der Waals surface area contributed by atoms with E-state index in [2.05, 4.69) is 10.2 Å². The van der Waals surface area contributed by atoms with E-state index >= 15 is 0 Å². The van der Waals surface area contributed by atoms with Gasteiger partial charge < -0.3 is 5.11 Å². The smallest absolute Gasteiger partial charge is 0.360 e. The number of hydrogen-bond acceptors (Lipinski definition) is 7. The van der Waals surface area contributed by atoms with Gasteiger partial charge in [0.05, 0.1) is 6.26 Å². The zero-order valence-corrected chi connectivity index (χ0v) is 10.3. The van der Waals surface area contributed by atoms with Gasteiger partial charge in [0.25, 0.3) is 8.87 Å². The van der Waals surface area contributed by atoms with E-state index < -0.39 is 35.4 Å². The molecule has 0 bridgehead atoms. The number of aromatic amines is 1. The largest absolute Gasteiger partial charge is 0.476 e. The molecular weight excluding hydrogens is 276 g/mol. The van der Waals surface area contributed by atoms with E-state index in [-0.39, 0.29) is 4.31 Å². The first-order chi connectivity index (χ1) is 7.59. The number of H-pyrrole nitrogens is 1. The molecular formula is C5H8N4O6S2. The highest BCUT2D eigenvalue weighted by molar-refractivity contribution is 8.67. The summed E-state index contributed by atoms with van der Waals surface area (Å²) in [5.74, 6) is -2.15. The second-order valence-corrected chi connectivity index (χ2v) is 8.82. The van der Waals surface area contributed by atoms with Crippen molar-refractivity contribution in [3.05, 3.63) is 5.69 Å². The van der Waals surface area contributed by atoms with E-state index in [0.717, 1.165) is 7.05 Å². The molecule has 10 nitrogen and oxygen atoms in total. The first-order valence-electron chi connectivity index (χ1n) is 3.92. The molecule has 0 aliphatic rings. The van der Waals surface area contributed by atoms with Crippen LogP contribution in [0.2, 0.25) is 0 Å². The third-order valence-corrected chi connectivity index (χ3v) is 6.32. The highest BCUT2D eigenvalue weighted by atomic mass is 33.2. The molecule has 0 saturated carbocycles. The zero-order valence-electron chi connectivity index (χ0n) is 8.65. The molecule has 1 rings (SSSR count). The molecule has 0 atom stereocenters. The molecule has 1 aromatic rings. The number of nitrogens with zero attached hydrogens (tertiary/aromatic N) is 3. The lowest BCUT2D eigenvalue weighted by Gasteiger charge is -2.14. The van der Waals surface area contributed by atoms with Gasteiger partial charge >= 0.3 is 15.0 Å². The number of aromatic carboxylic acids is 1. The highest BCUT2D eigenvalue weighted by Crippen LogP contribution is 2.19. The average molecular weight is 284 g/mol. The van der Waals surface area contributed by atoms with Crippen molar-refractivity contribution < 1.29 is 26.7 Å². The van der Waals surface area contributed by atoms with Crippen LogP contribution in [0.3, 0.4) is 0 Å². The molecule has 0 unspecified atom stereocenters. The summed E-state index contributed by atoms with van der Waals surface area (Å²) in [6.45, 7) is 0. The quantitative estimate of drug-likeness (QED) is 0.616. The summed E-state index contributed by atoms with van der Waals surface area (Å²) < 4.78 is 45.3. The predicted molar refractivity (Wildman–Crippen MR) is 55.5 cm³/mol. The van der Waals surface area contributed by atoms with Crippen LogP contribution in [0.5, 0.6) is 0 Å². The molecule has 0 spiro atoms. The second-order valence-electron chi connectivity index (χ2n) is 2.93. The number of aromatic nitrogens is 3. The van der Waals surface area contributed by atoms with Gasteiger partial charge in [0, 0.05) is 7.05 Å². The summed E-state index contributed by atoms with van der Waals surface area (Å²) >= 11 is 0.